The fourth-order valence-electron chi connectivity index (χ4n) is 3.35. The van der Waals surface area contributed by atoms with Crippen molar-refractivity contribution in [3.63, 3.8) is 0 Å². The third-order valence-corrected chi connectivity index (χ3v) is 7.05. The van der Waals surface area contributed by atoms with Gasteiger partial charge in [-0.05, 0) is 42.0 Å². The van der Waals surface area contributed by atoms with E-state index < -0.39 is 26.7 Å². The van der Waals surface area contributed by atoms with Gasteiger partial charge in [-0.1, -0.05) is 24.8 Å². The SMILES string of the molecule is C=CC(=O)Nc1ccc(CC(=O)N2CCN(S(=O)(=O)c3cccc(C(F)(F)F)c3)CC2)cc1. The van der Waals surface area contributed by atoms with Crippen LogP contribution < -0.4 is 5.32 Å². The Morgan fingerprint density at radius 2 is 1.67 bits per heavy atom. The average molecular weight is 481 g/mol. The van der Waals surface area contributed by atoms with E-state index in [1.54, 1.807) is 24.3 Å². The Hall–Kier alpha value is -3.18. The monoisotopic (exact) mass is 481 g/mol. The molecule has 0 aliphatic carbocycles. The number of nitrogens with zero attached hydrogens (tertiary/aromatic N) is 2. The first kappa shape index (κ1) is 24.5. The van der Waals surface area contributed by atoms with Gasteiger partial charge in [0.15, 0.2) is 0 Å². The Balaban J connectivity index is 1.59. The van der Waals surface area contributed by atoms with Gasteiger partial charge in [0.25, 0.3) is 0 Å². The van der Waals surface area contributed by atoms with Crippen LogP contribution in [-0.2, 0) is 32.2 Å². The number of piperazine rings is 1. The first-order valence-electron chi connectivity index (χ1n) is 9.98. The fourth-order valence-corrected chi connectivity index (χ4v) is 4.81. The molecule has 1 saturated heterocycles. The van der Waals surface area contributed by atoms with Crippen LogP contribution in [0.2, 0.25) is 0 Å². The first-order valence-corrected chi connectivity index (χ1v) is 11.4. The zero-order valence-electron chi connectivity index (χ0n) is 17.5. The highest BCUT2D eigenvalue weighted by Gasteiger charge is 2.34. The van der Waals surface area contributed by atoms with E-state index in [0.717, 1.165) is 34.1 Å². The van der Waals surface area contributed by atoms with Crippen molar-refractivity contribution >= 4 is 27.5 Å². The van der Waals surface area contributed by atoms with E-state index in [2.05, 4.69) is 11.9 Å². The molecule has 0 unspecified atom stereocenters. The topological polar surface area (TPSA) is 86.8 Å². The molecule has 1 fully saturated rings. The molecule has 3 rings (SSSR count). The largest absolute Gasteiger partial charge is 0.416 e. The van der Waals surface area contributed by atoms with Crippen molar-refractivity contribution in [3.05, 3.63) is 72.3 Å². The molecule has 2 amide bonds. The fraction of sp³-hybridized carbons (Fsp3) is 0.273. The van der Waals surface area contributed by atoms with E-state index >= 15 is 0 Å². The van der Waals surface area contributed by atoms with Gasteiger partial charge in [0.1, 0.15) is 0 Å². The molecule has 1 aliphatic rings. The Labute approximate surface area is 189 Å². The van der Waals surface area contributed by atoms with Gasteiger partial charge in [0, 0.05) is 31.9 Å². The first-order chi connectivity index (χ1) is 15.5. The lowest BCUT2D eigenvalue weighted by molar-refractivity contribution is -0.137. The van der Waals surface area contributed by atoms with Gasteiger partial charge in [0.05, 0.1) is 16.9 Å². The Morgan fingerprint density at radius 1 is 1.03 bits per heavy atom. The predicted octanol–water partition coefficient (Wildman–Crippen LogP) is 2.91. The molecule has 0 spiro atoms. The number of anilines is 1. The maximum atomic E-state index is 12.9. The molecule has 2 aromatic rings. The third-order valence-electron chi connectivity index (χ3n) is 5.15. The second-order valence-electron chi connectivity index (χ2n) is 7.38. The third kappa shape index (κ3) is 5.99. The van der Waals surface area contributed by atoms with Crippen molar-refractivity contribution in [2.24, 2.45) is 0 Å². The van der Waals surface area contributed by atoms with E-state index in [9.17, 15) is 31.2 Å². The number of hydrogen-bond donors (Lipinski definition) is 1. The Bertz CT molecular complexity index is 1140. The van der Waals surface area contributed by atoms with Crippen molar-refractivity contribution in [2.45, 2.75) is 17.5 Å². The van der Waals surface area contributed by atoms with Gasteiger partial charge in [-0.3, -0.25) is 9.59 Å². The molecular weight excluding hydrogens is 459 g/mol. The lowest BCUT2D eigenvalue weighted by Gasteiger charge is -2.34. The molecule has 0 aromatic heterocycles. The number of rotatable bonds is 6. The van der Waals surface area contributed by atoms with Crippen molar-refractivity contribution in [1.82, 2.24) is 9.21 Å². The standard InChI is InChI=1S/C22H22F3N3O4S/c1-2-20(29)26-18-8-6-16(7-9-18)14-21(30)27-10-12-28(13-11-27)33(31,32)19-5-3-4-17(15-19)22(23,24)25/h2-9,15H,1,10-14H2,(H,26,29). The Kier molecular flexibility index (Phi) is 7.23. The molecule has 11 heteroatoms. The van der Waals surface area contributed by atoms with E-state index in [1.807, 2.05) is 0 Å². The van der Waals surface area contributed by atoms with Crippen LogP contribution in [-0.4, -0.2) is 55.6 Å². The molecule has 0 bridgehead atoms. The maximum absolute atomic E-state index is 12.9. The number of nitrogens with one attached hydrogen (secondary N) is 1. The highest BCUT2D eigenvalue weighted by atomic mass is 32.2. The van der Waals surface area contributed by atoms with E-state index in [1.165, 1.54) is 4.90 Å². The summed E-state index contributed by atoms with van der Waals surface area (Å²) >= 11 is 0. The molecular formula is C22H22F3N3O4S. The zero-order chi connectivity index (χ0) is 24.2. The lowest BCUT2D eigenvalue weighted by atomic mass is 10.1. The van der Waals surface area contributed by atoms with Crippen molar-refractivity contribution in [2.75, 3.05) is 31.5 Å². The molecule has 1 N–H and O–H groups in total. The van der Waals surface area contributed by atoms with Crippen LogP contribution in [0.5, 0.6) is 0 Å². The van der Waals surface area contributed by atoms with Gasteiger partial charge in [-0.25, -0.2) is 8.42 Å². The summed E-state index contributed by atoms with van der Waals surface area (Å²) in [5.41, 5.74) is 0.243. The van der Waals surface area contributed by atoms with Gasteiger partial charge < -0.3 is 10.2 Å². The maximum Gasteiger partial charge on any atom is 0.416 e. The second-order valence-corrected chi connectivity index (χ2v) is 9.32. The summed E-state index contributed by atoms with van der Waals surface area (Å²) in [5, 5.41) is 2.60. The summed E-state index contributed by atoms with van der Waals surface area (Å²) in [7, 11) is -4.12. The van der Waals surface area contributed by atoms with Gasteiger partial charge in [-0.15, -0.1) is 0 Å². The highest BCUT2D eigenvalue weighted by Crippen LogP contribution is 2.31. The molecule has 33 heavy (non-hydrogen) atoms. The van der Waals surface area contributed by atoms with E-state index in [4.69, 9.17) is 0 Å². The molecule has 1 heterocycles. The molecule has 0 saturated carbocycles. The number of halogens is 3. The number of amides is 2. The molecule has 2 aromatic carbocycles. The van der Waals surface area contributed by atoms with Crippen LogP contribution in [0, 0.1) is 0 Å². The molecule has 176 valence electrons. The smallest absolute Gasteiger partial charge is 0.340 e. The summed E-state index contributed by atoms with van der Waals surface area (Å²) in [5.74, 6) is -0.550. The van der Waals surface area contributed by atoms with Crippen LogP contribution >= 0.6 is 0 Å². The molecule has 1 aliphatic heterocycles. The van der Waals surface area contributed by atoms with Crippen LogP contribution in [0.3, 0.4) is 0 Å². The second kappa shape index (κ2) is 9.75. The van der Waals surface area contributed by atoms with Gasteiger partial charge >= 0.3 is 6.18 Å². The van der Waals surface area contributed by atoms with Crippen molar-refractivity contribution in [3.8, 4) is 0 Å². The lowest BCUT2D eigenvalue weighted by Crippen LogP contribution is -2.50. The number of carbonyl (C=O) groups excluding carboxylic acids is 2. The average Bonchev–Trinajstić information content (AvgIpc) is 2.80. The highest BCUT2D eigenvalue weighted by molar-refractivity contribution is 7.89. The van der Waals surface area contributed by atoms with E-state index in [-0.39, 0.29) is 44.4 Å². The van der Waals surface area contributed by atoms with E-state index in [0.29, 0.717) is 11.8 Å². The normalized spacial score (nSPS) is 15.2. The summed E-state index contributed by atoms with van der Waals surface area (Å²) in [6.07, 6.45) is -3.41. The summed E-state index contributed by atoms with van der Waals surface area (Å²) in [4.78, 5) is 25.0. The number of hydrogen-bond acceptors (Lipinski definition) is 4. The van der Waals surface area contributed by atoms with Crippen molar-refractivity contribution in [1.29, 1.82) is 0 Å². The van der Waals surface area contributed by atoms with Crippen LogP contribution in [0.25, 0.3) is 0 Å². The summed E-state index contributed by atoms with van der Waals surface area (Å²) in [6.45, 7) is 3.59. The van der Waals surface area contributed by atoms with Gasteiger partial charge in [0.2, 0.25) is 21.8 Å². The van der Waals surface area contributed by atoms with Crippen LogP contribution in [0.15, 0.2) is 66.1 Å². The van der Waals surface area contributed by atoms with Crippen LogP contribution in [0.4, 0.5) is 18.9 Å². The number of benzene rings is 2. The van der Waals surface area contributed by atoms with Gasteiger partial charge in [-0.2, -0.15) is 17.5 Å². The summed E-state index contributed by atoms with van der Waals surface area (Å²) < 4.78 is 65.5. The van der Waals surface area contributed by atoms with Crippen molar-refractivity contribution < 1.29 is 31.2 Å². The zero-order valence-corrected chi connectivity index (χ0v) is 18.3. The number of alkyl halides is 3. The molecule has 7 nitrogen and oxygen atoms in total. The Morgan fingerprint density at radius 3 is 2.24 bits per heavy atom. The van der Waals surface area contributed by atoms with Crippen LogP contribution in [0.1, 0.15) is 11.1 Å². The number of sulfonamides is 1. The minimum atomic E-state index is -4.65. The predicted molar refractivity (Wildman–Crippen MR) is 116 cm³/mol. The summed E-state index contributed by atoms with van der Waals surface area (Å²) in [6, 6.07) is 10.3. The molecule has 0 radical (unpaired) electrons. The number of carbonyl (C=O) groups is 2. The quantitative estimate of drug-likeness (QED) is 0.643. The molecule has 0 atom stereocenters. The minimum Gasteiger partial charge on any atom is -0.340 e. The minimum absolute atomic E-state index is 0.0170.